The molecule has 1 rings (SSSR count). The molecule has 22 heavy (non-hydrogen) atoms. The molecule has 131 valence electrons. The van der Waals surface area contributed by atoms with Crippen LogP contribution < -0.4 is 5.30 Å². The number of halogens is 1. The van der Waals surface area contributed by atoms with Crippen LogP contribution in [0, 0.1) is 0 Å². The minimum absolute atomic E-state index is 0.0484. The Hall–Kier alpha value is 0.602. The first-order valence-corrected chi connectivity index (χ1v) is 11.7. The molecule has 0 spiro atoms. The second-order valence-electron chi connectivity index (χ2n) is 8.32. The zero-order chi connectivity index (χ0) is 17.3. The van der Waals surface area contributed by atoms with Crippen LogP contribution in [0.15, 0.2) is 18.2 Å². The van der Waals surface area contributed by atoms with E-state index in [2.05, 4.69) is 92.8 Å². The van der Waals surface area contributed by atoms with Gasteiger partial charge in [-0.2, -0.15) is 0 Å². The first-order chi connectivity index (χ1) is 9.91. The molecule has 0 aliphatic carbocycles. The van der Waals surface area contributed by atoms with E-state index in [1.54, 1.807) is 0 Å². The van der Waals surface area contributed by atoms with E-state index in [-0.39, 0.29) is 13.9 Å². The van der Waals surface area contributed by atoms with Crippen molar-refractivity contribution < 1.29 is 19.2 Å². The molecule has 0 aliphatic rings. The van der Waals surface area contributed by atoms with Crippen molar-refractivity contribution in [1.82, 2.24) is 0 Å². The molecule has 0 aromatic heterocycles. The molecule has 1 aromatic rings. The quantitative estimate of drug-likeness (QED) is 0.317. The molecule has 1 aromatic carbocycles. The summed E-state index contributed by atoms with van der Waals surface area (Å²) in [4.78, 5) is 0. The van der Waals surface area contributed by atoms with Crippen molar-refractivity contribution in [2.24, 2.45) is 0 Å². The Morgan fingerprint density at radius 3 is 1.50 bits per heavy atom. The summed E-state index contributed by atoms with van der Waals surface area (Å²) in [6.45, 7) is 18.7. The Labute approximate surface area is 154 Å². The van der Waals surface area contributed by atoms with Gasteiger partial charge in [-0.05, 0) is 0 Å². The van der Waals surface area contributed by atoms with Crippen molar-refractivity contribution in [2.75, 3.05) is 0 Å². The minimum atomic E-state index is -2.05. The van der Waals surface area contributed by atoms with Crippen LogP contribution in [0.2, 0.25) is 0 Å². The maximum atomic E-state index is 6.89. The number of rotatable bonds is 4. The molecule has 0 amide bonds. The zero-order valence-corrected chi connectivity index (χ0v) is 18.7. The molecule has 0 bridgehead atoms. The number of benzene rings is 1. The summed E-state index contributed by atoms with van der Waals surface area (Å²) in [5, 5.41) is 1.86. The fourth-order valence-corrected chi connectivity index (χ4v) is 17.5. The fraction of sp³-hybridized carbons (Fsp3) is 0.684. The molecule has 3 heteroatoms. The van der Waals surface area contributed by atoms with Gasteiger partial charge >= 0.3 is 155 Å². The zero-order valence-electron chi connectivity index (χ0n) is 15.4. The Balaban J connectivity index is 3.80. The van der Waals surface area contributed by atoms with E-state index < -0.39 is 7.26 Å². The predicted molar refractivity (Wildman–Crippen MR) is 102 cm³/mol. The van der Waals surface area contributed by atoms with Crippen LogP contribution >= 0.6 is 18.9 Å². The maximum absolute atomic E-state index is 6.89. The van der Waals surface area contributed by atoms with Crippen LogP contribution in [0.4, 0.5) is 0 Å². The van der Waals surface area contributed by atoms with Crippen molar-refractivity contribution in [3.63, 3.8) is 0 Å². The van der Waals surface area contributed by atoms with Crippen molar-refractivity contribution in [3.8, 4) is 0 Å². The Morgan fingerprint density at radius 2 is 1.27 bits per heavy atom. The van der Waals surface area contributed by atoms with Gasteiger partial charge in [0.15, 0.2) is 0 Å². The van der Waals surface area contributed by atoms with Crippen molar-refractivity contribution >= 4 is 24.2 Å². The van der Waals surface area contributed by atoms with Gasteiger partial charge in [-0.3, -0.25) is 0 Å². The van der Waals surface area contributed by atoms with E-state index in [1.165, 1.54) is 16.4 Å². The Kier molecular flexibility index (Phi) is 6.79. The first kappa shape index (κ1) is 20.6. The third kappa shape index (κ3) is 3.65. The molecule has 1 atom stereocenters. The standard InChI is InChI=1S/C19H33ClP.Pd/c1-9-15-11-16(10-2)13-17(12-15)21(14-20,18(3,4)5)19(6,7)8;/h11-14,21H,9-10H2,1-8H3;. The summed E-state index contributed by atoms with van der Waals surface area (Å²) >= 11 is 10.4. The van der Waals surface area contributed by atoms with Gasteiger partial charge in [0.2, 0.25) is 0 Å². The second-order valence-corrected chi connectivity index (χ2v) is 17.1. The second kappa shape index (κ2) is 7.23. The van der Waals surface area contributed by atoms with Crippen molar-refractivity contribution in [3.05, 3.63) is 29.3 Å². The topological polar surface area (TPSA) is 0 Å². The molecule has 0 aliphatic heterocycles. The summed E-state index contributed by atoms with van der Waals surface area (Å²) in [5.74, 6) is 0. The van der Waals surface area contributed by atoms with Crippen LogP contribution in [0.25, 0.3) is 0 Å². The summed E-state index contributed by atoms with van der Waals surface area (Å²) < 4.78 is 0.0484. The van der Waals surface area contributed by atoms with Gasteiger partial charge in [-0.15, -0.1) is 0 Å². The molecule has 0 saturated heterocycles. The van der Waals surface area contributed by atoms with E-state index in [0.29, 0.717) is 0 Å². The molecule has 0 N–H and O–H groups in total. The molecular formula is C19H33ClPPd. The number of aryl methyl sites for hydroxylation is 2. The summed E-state index contributed by atoms with van der Waals surface area (Å²) in [7, 11) is -2.05. The third-order valence-corrected chi connectivity index (χ3v) is 14.5. The SMILES string of the molecule is CCc1cc(CC)cc([PH]([CH](Cl)[Pd])(C(C)(C)C)C(C)(C)C)c1. The van der Waals surface area contributed by atoms with E-state index in [1.807, 2.05) is 0 Å². The van der Waals surface area contributed by atoms with Gasteiger partial charge in [-0.1, -0.05) is 0 Å². The molecule has 0 saturated carbocycles. The van der Waals surface area contributed by atoms with Gasteiger partial charge in [0.25, 0.3) is 0 Å². The van der Waals surface area contributed by atoms with Gasteiger partial charge in [-0.25, -0.2) is 0 Å². The molecule has 0 heterocycles. The Morgan fingerprint density at radius 1 is 0.909 bits per heavy atom. The van der Waals surface area contributed by atoms with Crippen LogP contribution in [-0.4, -0.2) is 13.9 Å². The molecule has 1 unspecified atom stereocenters. The average Bonchev–Trinajstić information content (AvgIpc) is 2.34. The van der Waals surface area contributed by atoms with Gasteiger partial charge in [0.05, 0.1) is 0 Å². The average molecular weight is 434 g/mol. The summed E-state index contributed by atoms with van der Waals surface area (Å²) in [5.41, 5.74) is 2.88. The van der Waals surface area contributed by atoms with E-state index in [9.17, 15) is 0 Å². The predicted octanol–water partition coefficient (Wildman–Crippen LogP) is 5.85. The molecule has 0 nitrogen and oxygen atoms in total. The van der Waals surface area contributed by atoms with E-state index in [0.717, 1.165) is 12.8 Å². The Bertz CT molecular complexity index is 473. The van der Waals surface area contributed by atoms with Crippen LogP contribution in [0.1, 0.15) is 66.5 Å². The van der Waals surface area contributed by atoms with Gasteiger partial charge in [0.1, 0.15) is 0 Å². The van der Waals surface area contributed by atoms with Crippen LogP contribution in [0.3, 0.4) is 0 Å². The monoisotopic (exact) mass is 433 g/mol. The molecule has 0 fully saturated rings. The summed E-state index contributed by atoms with van der Waals surface area (Å²) in [6, 6.07) is 7.23. The third-order valence-electron chi connectivity index (χ3n) is 4.99. The molecular weight excluding hydrogens is 401 g/mol. The van der Waals surface area contributed by atoms with E-state index in [4.69, 9.17) is 11.6 Å². The fourth-order valence-electron chi connectivity index (χ4n) is 4.11. The molecule has 0 radical (unpaired) electrons. The van der Waals surface area contributed by atoms with Crippen molar-refractivity contribution in [1.29, 1.82) is 0 Å². The number of alkyl halides is 1. The summed E-state index contributed by atoms with van der Waals surface area (Å²) in [6.07, 6.45) is 2.16. The first-order valence-electron chi connectivity index (χ1n) is 8.29. The number of hydrogen-bond donors (Lipinski definition) is 0. The van der Waals surface area contributed by atoms with Crippen LogP contribution in [0.5, 0.6) is 0 Å². The van der Waals surface area contributed by atoms with Crippen LogP contribution in [-0.2, 0) is 32.0 Å². The normalized spacial score (nSPS) is 15.8. The van der Waals surface area contributed by atoms with Crippen molar-refractivity contribution in [2.45, 2.75) is 82.1 Å². The van der Waals surface area contributed by atoms with Gasteiger partial charge in [0, 0.05) is 0 Å². The van der Waals surface area contributed by atoms with E-state index >= 15 is 0 Å². The van der Waals surface area contributed by atoms with Gasteiger partial charge < -0.3 is 0 Å². The number of hydrogen-bond acceptors (Lipinski definition) is 0.